The molecule has 0 spiro atoms. The molecule has 0 amide bonds. The molecule has 0 radical (unpaired) electrons. The van der Waals surface area contributed by atoms with Crippen LogP contribution in [0.25, 0.3) is 6.08 Å². The van der Waals surface area contributed by atoms with Gasteiger partial charge < -0.3 is 4.74 Å². The van der Waals surface area contributed by atoms with Crippen molar-refractivity contribution < 1.29 is 14.3 Å². The van der Waals surface area contributed by atoms with E-state index in [2.05, 4.69) is 4.99 Å². The number of isocyanates is 1. The number of ether oxygens (including phenoxy) is 1. The fourth-order valence-corrected chi connectivity index (χ4v) is 1.48. The molecule has 0 saturated carbocycles. The third kappa shape index (κ3) is 3.51. The van der Waals surface area contributed by atoms with Crippen LogP contribution in [-0.4, -0.2) is 12.0 Å². The highest BCUT2D eigenvalue weighted by Crippen LogP contribution is 2.24. The number of hydrogen-bond donors (Lipinski definition) is 0. The Morgan fingerprint density at radius 1 is 0.895 bits per heavy atom. The lowest BCUT2D eigenvalue weighted by Crippen LogP contribution is -1.83. The van der Waals surface area contributed by atoms with E-state index in [9.17, 15) is 9.59 Å². The number of carbonyl (C=O) groups excluding carboxylic acids is 2. The first-order chi connectivity index (χ1) is 9.31. The SMILES string of the molecule is O=C=Cc1ccc(Oc2ccc(N=C=O)cc2)cc1. The quantitative estimate of drug-likeness (QED) is 0.476. The molecule has 0 atom stereocenters. The van der Waals surface area contributed by atoms with Crippen LogP contribution in [0.4, 0.5) is 5.69 Å². The van der Waals surface area contributed by atoms with Gasteiger partial charge >= 0.3 is 0 Å². The summed E-state index contributed by atoms with van der Waals surface area (Å²) < 4.78 is 5.59. The van der Waals surface area contributed by atoms with Crippen LogP contribution >= 0.6 is 0 Å². The van der Waals surface area contributed by atoms with E-state index in [1.165, 1.54) is 12.2 Å². The Hall–Kier alpha value is -2.93. The first kappa shape index (κ1) is 12.5. The average molecular weight is 251 g/mol. The lowest BCUT2D eigenvalue weighted by molar-refractivity contribution is 0.482. The van der Waals surface area contributed by atoms with E-state index in [0.717, 1.165) is 5.56 Å². The van der Waals surface area contributed by atoms with Gasteiger partial charge in [-0.1, -0.05) is 12.1 Å². The number of hydrogen-bond acceptors (Lipinski definition) is 4. The number of aliphatic imine (C=N–C) groups is 1. The Labute approximate surface area is 109 Å². The molecule has 0 saturated heterocycles. The van der Waals surface area contributed by atoms with Gasteiger partial charge in [0.2, 0.25) is 6.08 Å². The molecular formula is C15H9NO3. The van der Waals surface area contributed by atoms with Crippen LogP contribution in [-0.2, 0) is 9.59 Å². The van der Waals surface area contributed by atoms with Crippen molar-refractivity contribution in [2.24, 2.45) is 4.99 Å². The third-order valence-electron chi connectivity index (χ3n) is 2.35. The Balaban J connectivity index is 2.11. The van der Waals surface area contributed by atoms with Gasteiger partial charge in [0.15, 0.2) is 0 Å². The summed E-state index contributed by atoms with van der Waals surface area (Å²) in [5.74, 6) is 2.99. The molecule has 0 unspecified atom stereocenters. The standard InChI is InChI=1S/C15H9NO3/c17-10-9-12-1-5-14(6-2-12)19-15-7-3-13(4-8-15)16-11-18/h1-9H. The summed E-state index contributed by atoms with van der Waals surface area (Å²) in [6.45, 7) is 0. The highest BCUT2D eigenvalue weighted by Gasteiger charge is 1.97. The van der Waals surface area contributed by atoms with Gasteiger partial charge in [0.25, 0.3) is 0 Å². The summed E-state index contributed by atoms with van der Waals surface area (Å²) in [4.78, 5) is 23.8. The maximum absolute atomic E-state index is 10.2. The van der Waals surface area contributed by atoms with Gasteiger partial charge in [-0.05, 0) is 42.0 Å². The largest absolute Gasteiger partial charge is 0.457 e. The second-order valence-electron chi connectivity index (χ2n) is 3.63. The molecule has 0 fully saturated rings. The zero-order chi connectivity index (χ0) is 13.5. The molecule has 0 aliphatic rings. The van der Waals surface area contributed by atoms with Gasteiger partial charge in [0.1, 0.15) is 17.4 Å². The minimum absolute atomic E-state index is 0.522. The van der Waals surface area contributed by atoms with E-state index in [-0.39, 0.29) is 0 Å². The first-order valence-electron chi connectivity index (χ1n) is 5.48. The lowest BCUT2D eigenvalue weighted by Gasteiger charge is -2.05. The normalized spacial score (nSPS) is 9.05. The monoisotopic (exact) mass is 251 g/mol. The smallest absolute Gasteiger partial charge is 0.240 e. The Bertz CT molecular complexity index is 587. The Kier molecular flexibility index (Phi) is 4.04. The fourth-order valence-electron chi connectivity index (χ4n) is 1.48. The van der Waals surface area contributed by atoms with Gasteiger partial charge in [-0.3, -0.25) is 0 Å². The molecular weight excluding hydrogens is 242 g/mol. The summed E-state index contributed by atoms with van der Waals surface area (Å²) >= 11 is 0. The maximum Gasteiger partial charge on any atom is 0.240 e. The van der Waals surface area contributed by atoms with Crippen molar-refractivity contribution in [1.82, 2.24) is 0 Å². The molecule has 19 heavy (non-hydrogen) atoms. The second-order valence-corrected chi connectivity index (χ2v) is 3.63. The van der Waals surface area contributed by atoms with Gasteiger partial charge in [0.05, 0.1) is 5.69 Å². The molecule has 0 N–H and O–H groups in total. The van der Waals surface area contributed by atoms with Crippen molar-refractivity contribution >= 4 is 23.8 Å². The Morgan fingerprint density at radius 2 is 1.47 bits per heavy atom. The zero-order valence-corrected chi connectivity index (χ0v) is 9.87. The van der Waals surface area contributed by atoms with Crippen LogP contribution in [0.15, 0.2) is 53.5 Å². The van der Waals surface area contributed by atoms with Gasteiger partial charge in [-0.25, -0.2) is 9.59 Å². The molecule has 4 nitrogen and oxygen atoms in total. The molecule has 2 aromatic rings. The van der Waals surface area contributed by atoms with E-state index < -0.39 is 0 Å². The van der Waals surface area contributed by atoms with Gasteiger partial charge in [0, 0.05) is 6.08 Å². The van der Waals surface area contributed by atoms with Gasteiger partial charge in [-0.2, -0.15) is 4.99 Å². The topological polar surface area (TPSA) is 55.7 Å². The molecule has 2 rings (SSSR count). The predicted octanol–water partition coefficient (Wildman–Crippen LogP) is 3.29. The molecule has 4 heteroatoms. The number of nitrogens with zero attached hydrogens (tertiary/aromatic N) is 1. The van der Waals surface area contributed by atoms with Crippen LogP contribution in [0.5, 0.6) is 11.5 Å². The van der Waals surface area contributed by atoms with E-state index in [1.54, 1.807) is 54.5 Å². The first-order valence-corrected chi connectivity index (χ1v) is 5.48. The molecule has 0 aliphatic carbocycles. The fraction of sp³-hybridized carbons (Fsp3) is 0. The van der Waals surface area contributed by atoms with Crippen molar-refractivity contribution in [2.75, 3.05) is 0 Å². The molecule has 92 valence electrons. The zero-order valence-electron chi connectivity index (χ0n) is 9.87. The van der Waals surface area contributed by atoms with Crippen molar-refractivity contribution in [1.29, 1.82) is 0 Å². The molecule has 0 aliphatic heterocycles. The van der Waals surface area contributed by atoms with Crippen molar-refractivity contribution in [3.8, 4) is 11.5 Å². The summed E-state index contributed by atoms with van der Waals surface area (Å²) in [5.41, 5.74) is 1.28. The third-order valence-corrected chi connectivity index (χ3v) is 2.35. The summed E-state index contributed by atoms with van der Waals surface area (Å²) in [5, 5.41) is 0. The van der Waals surface area contributed by atoms with E-state index in [0.29, 0.717) is 17.2 Å². The van der Waals surface area contributed by atoms with E-state index in [4.69, 9.17) is 4.74 Å². The predicted molar refractivity (Wildman–Crippen MR) is 70.9 cm³/mol. The number of benzene rings is 2. The Morgan fingerprint density at radius 3 is 2.00 bits per heavy atom. The summed E-state index contributed by atoms with van der Waals surface area (Å²) in [7, 11) is 0. The summed E-state index contributed by atoms with van der Waals surface area (Å²) in [6.07, 6.45) is 2.81. The van der Waals surface area contributed by atoms with Crippen molar-refractivity contribution in [2.45, 2.75) is 0 Å². The number of rotatable bonds is 4. The molecule has 0 aromatic heterocycles. The van der Waals surface area contributed by atoms with Crippen LogP contribution in [0.2, 0.25) is 0 Å². The maximum atomic E-state index is 10.2. The minimum atomic E-state index is 0.522. The van der Waals surface area contributed by atoms with Crippen molar-refractivity contribution in [3.63, 3.8) is 0 Å². The van der Waals surface area contributed by atoms with E-state index in [1.807, 2.05) is 0 Å². The van der Waals surface area contributed by atoms with Gasteiger partial charge in [-0.15, -0.1) is 0 Å². The van der Waals surface area contributed by atoms with Crippen LogP contribution in [0.3, 0.4) is 0 Å². The molecule has 0 heterocycles. The molecule has 2 aromatic carbocycles. The molecule has 0 bridgehead atoms. The van der Waals surface area contributed by atoms with Crippen LogP contribution in [0, 0.1) is 0 Å². The highest BCUT2D eigenvalue weighted by atomic mass is 16.5. The van der Waals surface area contributed by atoms with Crippen LogP contribution < -0.4 is 4.74 Å². The highest BCUT2D eigenvalue weighted by molar-refractivity contribution is 5.74. The van der Waals surface area contributed by atoms with Crippen molar-refractivity contribution in [3.05, 3.63) is 54.1 Å². The summed E-state index contributed by atoms with van der Waals surface area (Å²) in [6, 6.07) is 13.7. The lowest BCUT2D eigenvalue weighted by atomic mass is 10.2. The second kappa shape index (κ2) is 6.12. The minimum Gasteiger partial charge on any atom is -0.457 e. The van der Waals surface area contributed by atoms with Crippen LogP contribution in [0.1, 0.15) is 5.56 Å². The average Bonchev–Trinajstić information content (AvgIpc) is 2.44. The van der Waals surface area contributed by atoms with E-state index >= 15 is 0 Å².